The number of rotatable bonds is 3. The number of anilines is 1. The second kappa shape index (κ2) is 5.59. The summed E-state index contributed by atoms with van der Waals surface area (Å²) in [6.07, 6.45) is 5.01. The second-order valence-corrected chi connectivity index (χ2v) is 6.50. The maximum absolute atomic E-state index is 12.2. The maximum Gasteiger partial charge on any atom is 0.242 e. The Balaban J connectivity index is 2.22. The van der Waals surface area contributed by atoms with Crippen LogP contribution in [0.25, 0.3) is 0 Å². The number of hydrogen-bond acceptors (Lipinski definition) is 4. The number of nitrogens with one attached hydrogen (secondary N) is 1. The van der Waals surface area contributed by atoms with Gasteiger partial charge in [0.15, 0.2) is 0 Å². The zero-order valence-corrected chi connectivity index (χ0v) is 11.4. The lowest BCUT2D eigenvalue weighted by molar-refractivity contribution is 0.412. The van der Waals surface area contributed by atoms with Crippen LogP contribution in [0.15, 0.2) is 23.1 Å². The van der Waals surface area contributed by atoms with Gasteiger partial charge in [0, 0.05) is 6.04 Å². The van der Waals surface area contributed by atoms with Gasteiger partial charge in [-0.1, -0.05) is 19.3 Å². The molecule has 2 rings (SSSR count). The van der Waals surface area contributed by atoms with Gasteiger partial charge in [-0.25, -0.2) is 13.1 Å². The van der Waals surface area contributed by atoms with Gasteiger partial charge < -0.3 is 5.73 Å². The molecule has 0 aliphatic heterocycles. The minimum Gasteiger partial charge on any atom is -0.398 e. The van der Waals surface area contributed by atoms with E-state index in [1.165, 1.54) is 18.2 Å². The first-order valence-electron chi connectivity index (χ1n) is 6.35. The summed E-state index contributed by atoms with van der Waals surface area (Å²) >= 11 is 0. The third kappa shape index (κ3) is 3.25. The van der Waals surface area contributed by atoms with Crippen LogP contribution < -0.4 is 10.5 Å². The summed E-state index contributed by atoms with van der Waals surface area (Å²) in [4.78, 5) is 0.0528. The molecule has 6 heteroatoms. The van der Waals surface area contributed by atoms with Crippen molar-refractivity contribution in [3.63, 3.8) is 0 Å². The Bertz CT molecular complexity index is 599. The van der Waals surface area contributed by atoms with Crippen molar-refractivity contribution in [3.8, 4) is 6.07 Å². The molecule has 1 saturated carbocycles. The molecule has 0 heterocycles. The second-order valence-electron chi connectivity index (χ2n) is 4.82. The molecule has 5 nitrogen and oxygen atoms in total. The van der Waals surface area contributed by atoms with Gasteiger partial charge in [-0.3, -0.25) is 0 Å². The predicted octanol–water partition coefficient (Wildman–Crippen LogP) is 1.75. The smallest absolute Gasteiger partial charge is 0.242 e. The fourth-order valence-corrected chi connectivity index (χ4v) is 3.78. The van der Waals surface area contributed by atoms with Gasteiger partial charge in [-0.15, -0.1) is 0 Å². The Hall–Kier alpha value is -1.58. The fourth-order valence-electron chi connectivity index (χ4n) is 2.37. The average molecular weight is 279 g/mol. The van der Waals surface area contributed by atoms with Gasteiger partial charge in [0.25, 0.3) is 0 Å². The summed E-state index contributed by atoms with van der Waals surface area (Å²) in [6, 6.07) is 6.16. The highest BCUT2D eigenvalue weighted by molar-refractivity contribution is 7.89. The Kier molecular flexibility index (Phi) is 4.08. The molecule has 0 atom stereocenters. The molecule has 0 unspecified atom stereocenters. The molecule has 1 fully saturated rings. The van der Waals surface area contributed by atoms with E-state index in [1.807, 2.05) is 6.07 Å². The topological polar surface area (TPSA) is 96.0 Å². The summed E-state index contributed by atoms with van der Waals surface area (Å²) in [5.41, 5.74) is 6.19. The lowest BCUT2D eigenvalue weighted by atomic mass is 9.96. The quantitative estimate of drug-likeness (QED) is 0.824. The van der Waals surface area contributed by atoms with Gasteiger partial charge in [-0.2, -0.15) is 5.26 Å². The molecule has 1 aromatic carbocycles. The van der Waals surface area contributed by atoms with Crippen molar-refractivity contribution in [2.24, 2.45) is 0 Å². The highest BCUT2D eigenvalue weighted by atomic mass is 32.2. The van der Waals surface area contributed by atoms with E-state index in [-0.39, 0.29) is 16.6 Å². The lowest BCUT2D eigenvalue weighted by Crippen LogP contribution is -2.36. The van der Waals surface area contributed by atoms with Crippen LogP contribution in [-0.2, 0) is 10.0 Å². The van der Waals surface area contributed by atoms with E-state index in [4.69, 9.17) is 11.0 Å². The predicted molar refractivity (Wildman–Crippen MR) is 72.8 cm³/mol. The van der Waals surface area contributed by atoms with Gasteiger partial charge in [0.1, 0.15) is 4.90 Å². The van der Waals surface area contributed by atoms with Crippen molar-refractivity contribution in [1.82, 2.24) is 4.72 Å². The molecule has 0 bridgehead atoms. The monoisotopic (exact) mass is 279 g/mol. The molecule has 0 radical (unpaired) electrons. The summed E-state index contributed by atoms with van der Waals surface area (Å²) < 4.78 is 27.2. The van der Waals surface area contributed by atoms with Crippen molar-refractivity contribution in [3.05, 3.63) is 23.8 Å². The maximum atomic E-state index is 12.2. The summed E-state index contributed by atoms with van der Waals surface area (Å²) in [5.74, 6) is 0. The highest BCUT2D eigenvalue weighted by Gasteiger charge is 2.23. The van der Waals surface area contributed by atoms with Crippen LogP contribution in [0, 0.1) is 11.3 Å². The molecule has 19 heavy (non-hydrogen) atoms. The number of nitrogen functional groups attached to an aromatic ring is 1. The molecule has 3 N–H and O–H groups in total. The van der Waals surface area contributed by atoms with E-state index < -0.39 is 10.0 Å². The van der Waals surface area contributed by atoms with E-state index in [2.05, 4.69) is 4.72 Å². The molecule has 0 aromatic heterocycles. The molecule has 1 aliphatic rings. The standard InChI is InChI=1S/C13H17N3O2S/c14-9-10-6-7-13(12(15)8-10)19(17,18)16-11-4-2-1-3-5-11/h6-8,11,16H,1-5,15H2. The first kappa shape index (κ1) is 13.8. The third-order valence-corrected chi connectivity index (χ3v) is 4.95. The SMILES string of the molecule is N#Cc1ccc(S(=O)(=O)NC2CCCCC2)c(N)c1. The van der Waals surface area contributed by atoms with Gasteiger partial charge in [-0.05, 0) is 31.0 Å². The molecule has 1 aromatic rings. The van der Waals surface area contributed by atoms with Gasteiger partial charge in [0.2, 0.25) is 10.0 Å². The number of nitriles is 1. The van der Waals surface area contributed by atoms with Gasteiger partial charge in [0.05, 0.1) is 17.3 Å². The molecule has 0 saturated heterocycles. The van der Waals surface area contributed by atoms with E-state index in [9.17, 15) is 8.42 Å². The number of benzene rings is 1. The van der Waals surface area contributed by atoms with Crippen molar-refractivity contribution < 1.29 is 8.42 Å². The minimum absolute atomic E-state index is 0.00575. The van der Waals surface area contributed by atoms with Crippen molar-refractivity contribution >= 4 is 15.7 Å². The summed E-state index contributed by atoms with van der Waals surface area (Å²) in [6.45, 7) is 0. The van der Waals surface area contributed by atoms with E-state index in [0.29, 0.717) is 5.56 Å². The van der Waals surface area contributed by atoms with Gasteiger partial charge >= 0.3 is 0 Å². The van der Waals surface area contributed by atoms with Crippen LogP contribution in [0.4, 0.5) is 5.69 Å². The first-order valence-corrected chi connectivity index (χ1v) is 7.83. The molecule has 1 aliphatic carbocycles. The van der Waals surface area contributed by atoms with Crippen LogP contribution in [-0.4, -0.2) is 14.5 Å². The van der Waals surface area contributed by atoms with Crippen LogP contribution in [0.3, 0.4) is 0 Å². The van der Waals surface area contributed by atoms with Crippen molar-refractivity contribution in [1.29, 1.82) is 5.26 Å². The van der Waals surface area contributed by atoms with E-state index in [1.54, 1.807) is 0 Å². The molecule has 0 spiro atoms. The Labute approximate surface area is 113 Å². The average Bonchev–Trinajstić information content (AvgIpc) is 2.38. The largest absolute Gasteiger partial charge is 0.398 e. The minimum atomic E-state index is -3.60. The number of hydrogen-bond donors (Lipinski definition) is 2. The Morgan fingerprint density at radius 2 is 1.95 bits per heavy atom. The normalized spacial score (nSPS) is 17.0. The van der Waals surface area contributed by atoms with Crippen molar-refractivity contribution in [2.75, 3.05) is 5.73 Å². The zero-order valence-electron chi connectivity index (χ0n) is 10.6. The van der Waals surface area contributed by atoms with E-state index >= 15 is 0 Å². The fraction of sp³-hybridized carbons (Fsp3) is 0.462. The van der Waals surface area contributed by atoms with Crippen molar-refractivity contribution in [2.45, 2.75) is 43.0 Å². The third-order valence-electron chi connectivity index (χ3n) is 3.36. The highest BCUT2D eigenvalue weighted by Crippen LogP contribution is 2.23. The van der Waals surface area contributed by atoms with Crippen LogP contribution >= 0.6 is 0 Å². The molecular formula is C13H17N3O2S. The molecule has 102 valence electrons. The number of nitrogens with two attached hydrogens (primary N) is 1. The summed E-state index contributed by atoms with van der Waals surface area (Å²) in [5, 5.41) is 8.75. The Morgan fingerprint density at radius 3 is 2.53 bits per heavy atom. The van der Waals surface area contributed by atoms with E-state index in [0.717, 1.165) is 32.1 Å². The number of nitrogens with zero attached hydrogens (tertiary/aromatic N) is 1. The molecule has 0 amide bonds. The van der Waals surface area contributed by atoms with Crippen LogP contribution in [0.5, 0.6) is 0 Å². The lowest BCUT2D eigenvalue weighted by Gasteiger charge is -2.22. The Morgan fingerprint density at radius 1 is 1.26 bits per heavy atom. The first-order chi connectivity index (χ1) is 9.03. The zero-order chi connectivity index (χ0) is 13.9. The van der Waals surface area contributed by atoms with Crippen LogP contribution in [0.2, 0.25) is 0 Å². The number of sulfonamides is 1. The van der Waals surface area contributed by atoms with Crippen LogP contribution in [0.1, 0.15) is 37.7 Å². The molecular weight excluding hydrogens is 262 g/mol. The summed E-state index contributed by atoms with van der Waals surface area (Å²) in [7, 11) is -3.60.